The summed E-state index contributed by atoms with van der Waals surface area (Å²) in [6, 6.07) is 2.05. The predicted molar refractivity (Wildman–Crippen MR) is 98.5 cm³/mol. The van der Waals surface area contributed by atoms with Gasteiger partial charge < -0.3 is 14.5 Å². The van der Waals surface area contributed by atoms with Crippen LogP contribution in [0.15, 0.2) is 29.2 Å². The summed E-state index contributed by atoms with van der Waals surface area (Å²) in [7, 11) is 0. The van der Waals surface area contributed by atoms with E-state index in [0.29, 0.717) is 13.2 Å². The normalized spacial score (nSPS) is 11.6. The minimum atomic E-state index is -0.146. The van der Waals surface area contributed by atoms with Crippen molar-refractivity contribution in [1.29, 1.82) is 0 Å². The van der Waals surface area contributed by atoms with Crippen LogP contribution in [0.1, 0.15) is 36.3 Å². The van der Waals surface area contributed by atoms with Gasteiger partial charge in [0, 0.05) is 29.1 Å². The van der Waals surface area contributed by atoms with Crippen LogP contribution in [0.2, 0.25) is 0 Å². The van der Waals surface area contributed by atoms with Crippen molar-refractivity contribution < 1.29 is 13.9 Å². The third-order valence-electron chi connectivity index (χ3n) is 4.13. The first-order chi connectivity index (χ1) is 11.4. The first-order valence-corrected chi connectivity index (χ1v) is 8.14. The number of hydrogen-bond acceptors (Lipinski definition) is 3. The minimum Gasteiger partial charge on any atom is -0.493 e. The molecular weight excluding hydrogens is 302 g/mol. The molecule has 0 bridgehead atoms. The zero-order valence-electron chi connectivity index (χ0n) is 15.1. The van der Waals surface area contributed by atoms with Crippen molar-refractivity contribution in [2.24, 2.45) is 0 Å². The summed E-state index contributed by atoms with van der Waals surface area (Å²) in [5.74, 6) is 1.52. The maximum atomic E-state index is 12.0. The molecule has 0 atom stereocenters. The van der Waals surface area contributed by atoms with Crippen molar-refractivity contribution in [3.63, 3.8) is 0 Å². The maximum absolute atomic E-state index is 12.0. The number of nitrogens with one attached hydrogen (secondary N) is 1. The molecule has 0 spiro atoms. The number of carbonyl (C=O) groups is 1. The molecular formula is C20H25NO3. The lowest BCUT2D eigenvalue weighted by molar-refractivity contribution is -0.116. The third kappa shape index (κ3) is 3.37. The first kappa shape index (κ1) is 17.9. The average Bonchev–Trinajstić information content (AvgIpc) is 2.83. The Hall–Kier alpha value is -2.49. The van der Waals surface area contributed by atoms with Gasteiger partial charge in [-0.3, -0.25) is 4.79 Å². The highest BCUT2D eigenvalue weighted by molar-refractivity contribution is 5.98. The van der Waals surface area contributed by atoms with Crippen molar-refractivity contribution in [2.45, 2.75) is 34.6 Å². The fourth-order valence-corrected chi connectivity index (χ4v) is 2.73. The Morgan fingerprint density at radius 2 is 2.04 bits per heavy atom. The molecule has 1 aromatic carbocycles. The number of carbonyl (C=O) groups excluding carboxylic acids is 1. The molecule has 2 aromatic rings. The van der Waals surface area contributed by atoms with E-state index in [1.54, 1.807) is 12.2 Å². The van der Waals surface area contributed by atoms with Gasteiger partial charge in [0.2, 0.25) is 5.91 Å². The number of benzene rings is 1. The van der Waals surface area contributed by atoms with Crippen molar-refractivity contribution in [1.82, 2.24) is 5.32 Å². The van der Waals surface area contributed by atoms with E-state index >= 15 is 0 Å². The van der Waals surface area contributed by atoms with Crippen LogP contribution in [0.5, 0.6) is 5.75 Å². The van der Waals surface area contributed by atoms with E-state index in [9.17, 15) is 4.79 Å². The van der Waals surface area contributed by atoms with Gasteiger partial charge in [-0.1, -0.05) is 6.08 Å². The molecule has 0 unspecified atom stereocenters. The van der Waals surface area contributed by atoms with Crippen LogP contribution in [0, 0.1) is 20.8 Å². The second kappa shape index (κ2) is 7.39. The number of hydrogen-bond donors (Lipinski definition) is 1. The van der Waals surface area contributed by atoms with Gasteiger partial charge in [-0.05, 0) is 51.8 Å². The Morgan fingerprint density at radius 1 is 1.33 bits per heavy atom. The van der Waals surface area contributed by atoms with Gasteiger partial charge in [-0.2, -0.15) is 0 Å². The number of fused-ring (bicyclic) bond motifs is 1. The molecule has 2 rings (SSSR count). The summed E-state index contributed by atoms with van der Waals surface area (Å²) in [5, 5.41) is 3.82. The number of furan rings is 1. The van der Waals surface area contributed by atoms with Gasteiger partial charge in [0.1, 0.15) is 17.1 Å². The molecule has 24 heavy (non-hydrogen) atoms. The predicted octanol–water partition coefficient (Wildman–Crippen LogP) is 4.46. The Balaban J connectivity index is 2.60. The number of aryl methyl sites for hydroxylation is 3. The van der Waals surface area contributed by atoms with Crippen molar-refractivity contribution in [3.05, 3.63) is 47.2 Å². The zero-order chi connectivity index (χ0) is 17.9. The Labute approximate surface area is 143 Å². The van der Waals surface area contributed by atoms with Gasteiger partial charge in [0.05, 0.1) is 6.61 Å². The lowest BCUT2D eigenvalue weighted by Gasteiger charge is -2.14. The lowest BCUT2D eigenvalue weighted by atomic mass is 9.98. The summed E-state index contributed by atoms with van der Waals surface area (Å²) in [4.78, 5) is 12.0. The molecule has 0 aliphatic heterocycles. The highest BCUT2D eigenvalue weighted by atomic mass is 16.5. The van der Waals surface area contributed by atoms with Crippen LogP contribution in [0.3, 0.4) is 0 Å². The fraction of sp³-hybridized carbons (Fsp3) is 0.350. The number of ether oxygens (including phenoxy) is 1. The van der Waals surface area contributed by atoms with E-state index < -0.39 is 0 Å². The topological polar surface area (TPSA) is 51.5 Å². The molecule has 0 radical (unpaired) electrons. The molecule has 0 saturated heterocycles. The van der Waals surface area contributed by atoms with Gasteiger partial charge in [0.25, 0.3) is 0 Å². The maximum Gasteiger partial charge on any atom is 0.244 e. The highest BCUT2D eigenvalue weighted by Gasteiger charge is 2.18. The molecule has 0 aliphatic carbocycles. The monoisotopic (exact) mass is 327 g/mol. The number of allylic oxidation sites excluding steroid dienone is 1. The van der Waals surface area contributed by atoms with Crippen molar-refractivity contribution >= 4 is 22.4 Å². The third-order valence-corrected chi connectivity index (χ3v) is 4.13. The van der Waals surface area contributed by atoms with E-state index in [1.165, 1.54) is 0 Å². The van der Waals surface area contributed by atoms with E-state index in [4.69, 9.17) is 9.15 Å². The molecule has 1 N–H and O–H groups in total. The highest BCUT2D eigenvalue weighted by Crippen LogP contribution is 2.38. The lowest BCUT2D eigenvalue weighted by Crippen LogP contribution is -2.20. The summed E-state index contributed by atoms with van der Waals surface area (Å²) < 4.78 is 11.8. The molecule has 1 heterocycles. The molecule has 0 saturated carbocycles. The minimum absolute atomic E-state index is 0.146. The van der Waals surface area contributed by atoms with Crippen molar-refractivity contribution in [3.8, 4) is 5.75 Å². The molecule has 1 aromatic heterocycles. The largest absolute Gasteiger partial charge is 0.493 e. The van der Waals surface area contributed by atoms with Gasteiger partial charge >= 0.3 is 0 Å². The molecule has 4 nitrogen and oxygen atoms in total. The van der Waals surface area contributed by atoms with Crippen LogP contribution in [0.4, 0.5) is 0 Å². The molecule has 1 amide bonds. The number of rotatable bonds is 6. The average molecular weight is 327 g/mol. The first-order valence-electron chi connectivity index (χ1n) is 8.14. The molecule has 4 heteroatoms. The van der Waals surface area contributed by atoms with Crippen LogP contribution < -0.4 is 10.1 Å². The summed E-state index contributed by atoms with van der Waals surface area (Å²) in [6.07, 6.45) is 3.25. The van der Waals surface area contributed by atoms with Crippen LogP contribution in [-0.4, -0.2) is 19.1 Å². The smallest absolute Gasteiger partial charge is 0.244 e. The number of amides is 1. The van der Waals surface area contributed by atoms with Crippen molar-refractivity contribution in [2.75, 3.05) is 13.2 Å². The summed E-state index contributed by atoms with van der Waals surface area (Å²) in [6.45, 7) is 14.4. The second-order valence-corrected chi connectivity index (χ2v) is 5.83. The van der Waals surface area contributed by atoms with E-state index in [2.05, 4.69) is 11.9 Å². The summed E-state index contributed by atoms with van der Waals surface area (Å²) in [5.41, 5.74) is 4.69. The van der Waals surface area contributed by atoms with Gasteiger partial charge in [0.15, 0.2) is 0 Å². The van der Waals surface area contributed by atoms with Crippen LogP contribution in [-0.2, 0) is 4.79 Å². The Kier molecular flexibility index (Phi) is 5.50. The fourth-order valence-electron chi connectivity index (χ4n) is 2.73. The second-order valence-electron chi connectivity index (χ2n) is 5.83. The molecule has 0 fully saturated rings. The van der Waals surface area contributed by atoms with Gasteiger partial charge in [-0.25, -0.2) is 0 Å². The van der Waals surface area contributed by atoms with E-state index in [0.717, 1.165) is 44.7 Å². The van der Waals surface area contributed by atoms with Crippen LogP contribution >= 0.6 is 0 Å². The molecule has 0 aliphatic rings. The zero-order valence-corrected chi connectivity index (χ0v) is 15.1. The van der Waals surface area contributed by atoms with E-state index in [1.807, 2.05) is 40.7 Å². The quantitative estimate of drug-likeness (QED) is 0.629. The van der Waals surface area contributed by atoms with Gasteiger partial charge in [-0.15, -0.1) is 6.58 Å². The van der Waals surface area contributed by atoms with E-state index in [-0.39, 0.29) is 5.91 Å². The standard InChI is InChI=1S/C20H25NO3/c1-7-9-21-18(22)10-12(3)16-11-17-13(4)15(6)24-20(17)14(5)19(16)23-8-2/h7,10-11H,1,8-9H2,2-6H3,(H,21,22)/b12-10+. The summed E-state index contributed by atoms with van der Waals surface area (Å²) >= 11 is 0. The Bertz CT molecular complexity index is 812. The molecule has 128 valence electrons. The van der Waals surface area contributed by atoms with Crippen LogP contribution in [0.25, 0.3) is 16.5 Å². The Morgan fingerprint density at radius 3 is 2.67 bits per heavy atom. The SMILES string of the molecule is C=CCNC(=O)/C=C(\C)c1cc2c(C)c(C)oc2c(C)c1OCC.